The van der Waals surface area contributed by atoms with Crippen LogP contribution in [0.15, 0.2) is 47.6 Å². The second kappa shape index (κ2) is 9.18. The van der Waals surface area contributed by atoms with Crippen molar-refractivity contribution in [1.29, 1.82) is 0 Å². The highest BCUT2D eigenvalue weighted by Crippen LogP contribution is 2.37. The molecule has 2 fully saturated rings. The first kappa shape index (κ1) is 22.5. The van der Waals surface area contributed by atoms with E-state index in [1.165, 1.54) is 11.1 Å². The molecule has 0 bridgehead atoms. The van der Waals surface area contributed by atoms with Gasteiger partial charge in [-0.2, -0.15) is 5.10 Å². The summed E-state index contributed by atoms with van der Waals surface area (Å²) < 4.78 is 11.6. The lowest BCUT2D eigenvalue weighted by Gasteiger charge is -2.37. The third kappa shape index (κ3) is 4.58. The van der Waals surface area contributed by atoms with Crippen LogP contribution >= 0.6 is 11.6 Å². The smallest absolute Gasteiger partial charge is 0.257 e. The Morgan fingerprint density at radius 3 is 2.55 bits per heavy atom. The zero-order valence-corrected chi connectivity index (χ0v) is 20.0. The number of aryl methyl sites for hydroxylation is 2. The predicted molar refractivity (Wildman–Crippen MR) is 128 cm³/mol. The number of amides is 1. The number of hydrogen-bond donors (Lipinski definition) is 0. The Kier molecular flexibility index (Phi) is 6.27. The van der Waals surface area contributed by atoms with Gasteiger partial charge in [0.25, 0.3) is 5.91 Å². The molecule has 1 amide bonds. The van der Waals surface area contributed by atoms with Crippen molar-refractivity contribution in [2.75, 3.05) is 32.8 Å². The number of nitrogens with zero attached hydrogens (tertiary/aromatic N) is 3. The average molecular weight is 468 g/mol. The Bertz CT molecular complexity index is 1070. The molecule has 1 atom stereocenters. The Balaban J connectivity index is 1.37. The molecule has 0 unspecified atom stereocenters. The highest BCUT2D eigenvalue weighted by Gasteiger charge is 2.41. The normalized spacial score (nSPS) is 22.7. The molecule has 0 aliphatic carbocycles. The maximum Gasteiger partial charge on any atom is 0.257 e. The van der Waals surface area contributed by atoms with Gasteiger partial charge in [-0.05, 0) is 31.0 Å². The molecule has 0 N–H and O–H groups in total. The first-order valence-electron chi connectivity index (χ1n) is 11.7. The number of benzene rings is 2. The lowest BCUT2D eigenvalue weighted by atomic mass is 9.95. The van der Waals surface area contributed by atoms with E-state index in [1.54, 1.807) is 5.01 Å². The van der Waals surface area contributed by atoms with Crippen LogP contribution in [0.4, 0.5) is 0 Å². The summed E-state index contributed by atoms with van der Waals surface area (Å²) in [6.45, 7) is 7.34. The molecule has 5 rings (SSSR count). The van der Waals surface area contributed by atoms with Crippen LogP contribution in [0.25, 0.3) is 0 Å². The number of hydrogen-bond acceptors (Lipinski definition) is 5. The van der Waals surface area contributed by atoms with Crippen molar-refractivity contribution in [1.82, 2.24) is 9.91 Å². The van der Waals surface area contributed by atoms with Crippen LogP contribution in [0.1, 0.15) is 47.6 Å². The van der Waals surface area contributed by atoms with E-state index in [9.17, 15) is 4.79 Å². The first-order chi connectivity index (χ1) is 15.9. The van der Waals surface area contributed by atoms with Crippen LogP contribution in [0.3, 0.4) is 0 Å². The number of rotatable bonds is 4. The fourth-order valence-corrected chi connectivity index (χ4v) is 5.39. The van der Waals surface area contributed by atoms with Crippen LogP contribution in [-0.4, -0.2) is 60.2 Å². The van der Waals surface area contributed by atoms with Crippen molar-refractivity contribution in [2.24, 2.45) is 5.10 Å². The van der Waals surface area contributed by atoms with E-state index in [2.05, 4.69) is 36.9 Å². The third-order valence-electron chi connectivity index (χ3n) is 6.91. The largest absolute Gasteiger partial charge is 0.347 e. The van der Waals surface area contributed by atoms with Gasteiger partial charge in [0.15, 0.2) is 5.79 Å². The molecule has 0 saturated carbocycles. The van der Waals surface area contributed by atoms with E-state index in [0.717, 1.165) is 42.8 Å². The number of likely N-dealkylation sites (tertiary alicyclic amines) is 1. The summed E-state index contributed by atoms with van der Waals surface area (Å²) >= 11 is 6.55. The summed E-state index contributed by atoms with van der Waals surface area (Å²) in [6, 6.07) is 13.9. The van der Waals surface area contributed by atoms with Crippen LogP contribution in [0.5, 0.6) is 0 Å². The standard InChI is InChI=1S/C26H30ClN3O3/c1-18-7-8-20(19(2)15-18)23-16-24(21-5-3-4-6-22(21)27)30(28-23)25(31)17-29-11-9-26(10-12-29)32-13-14-33-26/h3-8,15,24H,9-14,16-17H2,1-2H3/t24-/m1/s1. The van der Waals surface area contributed by atoms with Gasteiger partial charge in [0.05, 0.1) is 31.5 Å². The third-order valence-corrected chi connectivity index (χ3v) is 7.26. The molecule has 2 aromatic rings. The highest BCUT2D eigenvalue weighted by atomic mass is 35.5. The molecule has 174 valence electrons. The molecule has 3 aliphatic heterocycles. The van der Waals surface area contributed by atoms with Crippen molar-refractivity contribution < 1.29 is 14.3 Å². The van der Waals surface area contributed by atoms with E-state index in [1.807, 2.05) is 24.3 Å². The Labute approximate surface area is 200 Å². The lowest BCUT2D eigenvalue weighted by Crippen LogP contribution is -2.48. The Morgan fingerprint density at radius 1 is 1.12 bits per heavy atom. The van der Waals surface area contributed by atoms with E-state index >= 15 is 0 Å². The molecule has 2 aromatic carbocycles. The Hall–Kier alpha value is -2.25. The molecule has 2 saturated heterocycles. The maximum atomic E-state index is 13.5. The molecule has 1 spiro atoms. The molecule has 33 heavy (non-hydrogen) atoms. The predicted octanol–water partition coefficient (Wildman–Crippen LogP) is 4.47. The fourth-order valence-electron chi connectivity index (χ4n) is 5.13. The topological polar surface area (TPSA) is 54.4 Å². The minimum Gasteiger partial charge on any atom is -0.347 e. The summed E-state index contributed by atoms with van der Waals surface area (Å²) in [5.74, 6) is -0.453. The molecule has 0 aromatic heterocycles. The van der Waals surface area contributed by atoms with Gasteiger partial charge in [0, 0.05) is 42.9 Å². The summed E-state index contributed by atoms with van der Waals surface area (Å²) in [7, 11) is 0. The number of carbonyl (C=O) groups excluding carboxylic acids is 1. The van der Waals surface area contributed by atoms with E-state index < -0.39 is 5.79 Å². The number of hydrazone groups is 1. The van der Waals surface area contributed by atoms with Gasteiger partial charge in [-0.15, -0.1) is 0 Å². The number of ether oxygens (including phenoxy) is 2. The summed E-state index contributed by atoms with van der Waals surface area (Å²) in [5, 5.41) is 7.17. The molecule has 6 nitrogen and oxygen atoms in total. The minimum atomic E-state index is -0.443. The number of piperidine rings is 1. The van der Waals surface area contributed by atoms with Gasteiger partial charge in [-0.25, -0.2) is 5.01 Å². The van der Waals surface area contributed by atoms with Crippen LogP contribution in [0.2, 0.25) is 5.02 Å². The van der Waals surface area contributed by atoms with Crippen LogP contribution in [-0.2, 0) is 14.3 Å². The zero-order chi connectivity index (χ0) is 23.0. The molecule has 3 heterocycles. The van der Waals surface area contributed by atoms with E-state index in [0.29, 0.717) is 31.2 Å². The molecule has 7 heteroatoms. The van der Waals surface area contributed by atoms with Crippen LogP contribution in [0, 0.1) is 13.8 Å². The molecule has 3 aliphatic rings. The lowest BCUT2D eigenvalue weighted by molar-refractivity contribution is -0.186. The van der Waals surface area contributed by atoms with E-state index in [-0.39, 0.29) is 11.9 Å². The van der Waals surface area contributed by atoms with Gasteiger partial charge in [0.2, 0.25) is 0 Å². The van der Waals surface area contributed by atoms with E-state index in [4.69, 9.17) is 26.2 Å². The van der Waals surface area contributed by atoms with Gasteiger partial charge in [-0.3, -0.25) is 9.69 Å². The molecular weight excluding hydrogens is 438 g/mol. The van der Waals surface area contributed by atoms with Gasteiger partial charge >= 0.3 is 0 Å². The van der Waals surface area contributed by atoms with Crippen molar-refractivity contribution in [3.63, 3.8) is 0 Å². The maximum absolute atomic E-state index is 13.5. The number of halogens is 1. The van der Waals surface area contributed by atoms with Crippen molar-refractivity contribution in [3.05, 3.63) is 69.7 Å². The quantitative estimate of drug-likeness (QED) is 0.665. The highest BCUT2D eigenvalue weighted by molar-refractivity contribution is 6.31. The minimum absolute atomic E-state index is 0.0103. The van der Waals surface area contributed by atoms with Crippen molar-refractivity contribution >= 4 is 23.2 Å². The fraction of sp³-hybridized carbons (Fsp3) is 0.462. The van der Waals surface area contributed by atoms with Gasteiger partial charge < -0.3 is 9.47 Å². The van der Waals surface area contributed by atoms with Gasteiger partial charge in [0.1, 0.15) is 0 Å². The average Bonchev–Trinajstić information content (AvgIpc) is 3.44. The molecular formula is C26H30ClN3O3. The van der Waals surface area contributed by atoms with Crippen LogP contribution < -0.4 is 0 Å². The van der Waals surface area contributed by atoms with Crippen molar-refractivity contribution in [3.8, 4) is 0 Å². The Morgan fingerprint density at radius 2 is 1.85 bits per heavy atom. The second-order valence-electron chi connectivity index (χ2n) is 9.23. The SMILES string of the molecule is Cc1ccc(C2=NN(C(=O)CN3CCC4(CC3)OCCO4)[C@@H](c3ccccc3Cl)C2)c(C)c1. The number of carbonyl (C=O) groups is 1. The summed E-state index contributed by atoms with van der Waals surface area (Å²) in [6.07, 6.45) is 2.21. The monoisotopic (exact) mass is 467 g/mol. The summed E-state index contributed by atoms with van der Waals surface area (Å²) in [5.41, 5.74) is 5.32. The first-order valence-corrected chi connectivity index (χ1v) is 12.0. The van der Waals surface area contributed by atoms with Crippen molar-refractivity contribution in [2.45, 2.75) is 44.9 Å². The van der Waals surface area contributed by atoms with Gasteiger partial charge in [-0.1, -0.05) is 53.6 Å². The summed E-state index contributed by atoms with van der Waals surface area (Å²) in [4.78, 5) is 15.7. The zero-order valence-electron chi connectivity index (χ0n) is 19.2. The second-order valence-corrected chi connectivity index (χ2v) is 9.64. The molecule has 0 radical (unpaired) electrons.